The molecule has 6 rings (SSSR count). The molecular formula is C49H50N4O8. The van der Waals surface area contributed by atoms with Crippen LogP contribution in [-0.2, 0) is 26.2 Å². The topological polar surface area (TPSA) is 139 Å². The summed E-state index contributed by atoms with van der Waals surface area (Å²) in [6.07, 6.45) is 5.68. The van der Waals surface area contributed by atoms with E-state index >= 15 is 0 Å². The SMILES string of the molecule is COc1cc(C=Cc2ccc(OC(=O)OCCNC(=O)C(Cc3nccn3C(c3ccccc3)(c3ccccc3)c3ccccc3)NC(=O)OC(C)(C)C)cc2)cc(OC)c1. The van der Waals surface area contributed by atoms with Crippen molar-refractivity contribution in [2.24, 2.45) is 0 Å². The van der Waals surface area contributed by atoms with Crippen LogP contribution in [0.5, 0.6) is 17.2 Å². The van der Waals surface area contributed by atoms with E-state index in [0.29, 0.717) is 17.3 Å². The molecule has 0 aliphatic carbocycles. The maximum Gasteiger partial charge on any atom is 0.513 e. The predicted octanol–water partition coefficient (Wildman–Crippen LogP) is 8.68. The van der Waals surface area contributed by atoms with Gasteiger partial charge in [0, 0.05) is 24.9 Å². The van der Waals surface area contributed by atoms with Crippen molar-refractivity contribution in [3.8, 4) is 17.2 Å². The standard InChI is InChI=1S/C49H50N4O8/c1-48(2,3)61-46(55)52-43(34-44-50-27-29-53(44)49(37-15-9-6-10-16-37,38-17-11-7-12-18-38)39-19-13-8-14-20-39)45(54)51-28-30-59-47(56)60-40-25-23-35(24-26-40)21-22-36-31-41(57-4)33-42(32-36)58-5/h6-27,29,31-33,43H,28,30,34H2,1-5H3,(H,51,54)(H,52,55). The molecule has 0 saturated carbocycles. The molecule has 0 fully saturated rings. The molecule has 0 aliphatic rings. The second-order valence-corrected chi connectivity index (χ2v) is 15.0. The summed E-state index contributed by atoms with van der Waals surface area (Å²) in [6.45, 7) is 4.97. The summed E-state index contributed by atoms with van der Waals surface area (Å²) in [7, 11) is 3.19. The summed E-state index contributed by atoms with van der Waals surface area (Å²) in [4.78, 5) is 44.4. The zero-order chi connectivity index (χ0) is 43.2. The summed E-state index contributed by atoms with van der Waals surface area (Å²) in [6, 6.07) is 41.5. The summed E-state index contributed by atoms with van der Waals surface area (Å²) in [5.41, 5.74) is 2.94. The van der Waals surface area contributed by atoms with Gasteiger partial charge in [0.05, 0.1) is 20.8 Å². The van der Waals surface area contributed by atoms with Crippen LogP contribution in [-0.4, -0.2) is 66.7 Å². The zero-order valence-electron chi connectivity index (χ0n) is 34.9. The van der Waals surface area contributed by atoms with Crippen LogP contribution in [0.1, 0.15) is 54.4 Å². The molecule has 12 heteroatoms. The Morgan fingerprint density at radius 3 is 1.77 bits per heavy atom. The molecule has 12 nitrogen and oxygen atoms in total. The highest BCUT2D eigenvalue weighted by molar-refractivity contribution is 5.86. The molecule has 1 atom stereocenters. The number of carbonyl (C=O) groups excluding carboxylic acids is 3. The lowest BCUT2D eigenvalue weighted by molar-refractivity contribution is -0.123. The molecule has 61 heavy (non-hydrogen) atoms. The summed E-state index contributed by atoms with van der Waals surface area (Å²) in [5.74, 6) is 1.63. The summed E-state index contributed by atoms with van der Waals surface area (Å²) < 4.78 is 28.9. The lowest BCUT2D eigenvalue weighted by Gasteiger charge is -2.39. The van der Waals surface area contributed by atoms with E-state index in [1.807, 2.05) is 89.6 Å². The number of benzene rings is 5. The minimum absolute atomic E-state index is 0.00581. The molecule has 0 bridgehead atoms. The van der Waals surface area contributed by atoms with E-state index in [1.165, 1.54) is 0 Å². The first kappa shape index (κ1) is 43.2. The zero-order valence-corrected chi connectivity index (χ0v) is 34.9. The molecule has 2 amide bonds. The van der Waals surface area contributed by atoms with Gasteiger partial charge in [0.15, 0.2) is 0 Å². The number of rotatable bonds is 16. The highest BCUT2D eigenvalue weighted by Gasteiger charge is 2.40. The minimum Gasteiger partial charge on any atom is -0.497 e. The third-order valence-corrected chi connectivity index (χ3v) is 9.59. The van der Waals surface area contributed by atoms with Crippen molar-refractivity contribution in [1.82, 2.24) is 20.2 Å². The number of alkyl carbamates (subject to hydrolysis) is 1. The highest BCUT2D eigenvalue weighted by Crippen LogP contribution is 2.41. The van der Waals surface area contributed by atoms with Crippen LogP contribution >= 0.6 is 0 Å². The molecule has 0 saturated heterocycles. The van der Waals surface area contributed by atoms with Crippen LogP contribution < -0.4 is 24.8 Å². The van der Waals surface area contributed by atoms with Crippen molar-refractivity contribution in [2.75, 3.05) is 27.4 Å². The number of carbonyl (C=O) groups is 3. The number of ether oxygens (including phenoxy) is 5. The summed E-state index contributed by atoms with van der Waals surface area (Å²) in [5, 5.41) is 5.53. The van der Waals surface area contributed by atoms with Gasteiger partial charge in [-0.25, -0.2) is 14.6 Å². The second kappa shape index (κ2) is 20.1. The van der Waals surface area contributed by atoms with Gasteiger partial charge in [0.25, 0.3) is 0 Å². The van der Waals surface area contributed by atoms with E-state index in [1.54, 1.807) is 71.5 Å². The van der Waals surface area contributed by atoms with Crippen LogP contribution in [0.4, 0.5) is 9.59 Å². The van der Waals surface area contributed by atoms with Gasteiger partial charge in [-0.2, -0.15) is 0 Å². The van der Waals surface area contributed by atoms with Gasteiger partial charge in [0.1, 0.15) is 46.9 Å². The number of hydrogen-bond acceptors (Lipinski definition) is 9. The molecule has 0 spiro atoms. The Kier molecular flexibility index (Phi) is 14.2. The van der Waals surface area contributed by atoms with E-state index in [-0.39, 0.29) is 25.3 Å². The van der Waals surface area contributed by atoms with E-state index in [0.717, 1.165) is 27.8 Å². The van der Waals surface area contributed by atoms with Gasteiger partial charge in [0.2, 0.25) is 5.91 Å². The predicted molar refractivity (Wildman–Crippen MR) is 234 cm³/mol. The van der Waals surface area contributed by atoms with Crippen LogP contribution in [0.2, 0.25) is 0 Å². The van der Waals surface area contributed by atoms with Crippen molar-refractivity contribution < 1.29 is 38.1 Å². The first-order valence-electron chi connectivity index (χ1n) is 19.8. The van der Waals surface area contributed by atoms with E-state index in [9.17, 15) is 14.4 Å². The molecule has 0 aliphatic heterocycles. The molecule has 5 aromatic carbocycles. The van der Waals surface area contributed by atoms with Gasteiger partial charge < -0.3 is 38.9 Å². The van der Waals surface area contributed by atoms with Crippen LogP contribution in [0, 0.1) is 0 Å². The highest BCUT2D eigenvalue weighted by atomic mass is 16.7. The van der Waals surface area contributed by atoms with E-state index < -0.39 is 35.3 Å². The Hall–Kier alpha value is -7.34. The average molecular weight is 823 g/mol. The molecule has 1 heterocycles. The first-order chi connectivity index (χ1) is 29.5. The normalized spacial score (nSPS) is 12.0. The van der Waals surface area contributed by atoms with E-state index in [4.69, 9.17) is 28.7 Å². The Bertz CT molecular complexity index is 2270. The number of aromatic nitrogens is 2. The van der Waals surface area contributed by atoms with Crippen molar-refractivity contribution in [1.29, 1.82) is 0 Å². The molecule has 6 aromatic rings. The van der Waals surface area contributed by atoms with Crippen LogP contribution in [0.25, 0.3) is 12.2 Å². The van der Waals surface area contributed by atoms with Gasteiger partial charge in [-0.05, 0) is 72.9 Å². The van der Waals surface area contributed by atoms with Crippen molar-refractivity contribution in [2.45, 2.75) is 44.4 Å². The van der Waals surface area contributed by atoms with Crippen molar-refractivity contribution >= 4 is 30.3 Å². The Morgan fingerprint density at radius 2 is 1.25 bits per heavy atom. The molecule has 314 valence electrons. The fraction of sp³-hybridized carbons (Fsp3) is 0.224. The smallest absolute Gasteiger partial charge is 0.497 e. The minimum atomic E-state index is -1.12. The number of amides is 2. The molecular weight excluding hydrogens is 773 g/mol. The number of hydrogen-bond donors (Lipinski definition) is 2. The molecule has 1 unspecified atom stereocenters. The Labute approximate surface area is 356 Å². The molecule has 0 radical (unpaired) electrons. The number of nitrogens with one attached hydrogen (secondary N) is 2. The van der Waals surface area contributed by atoms with Crippen molar-refractivity contribution in [3.63, 3.8) is 0 Å². The third kappa shape index (κ3) is 11.2. The average Bonchev–Trinajstić information content (AvgIpc) is 3.73. The fourth-order valence-electron chi connectivity index (χ4n) is 6.91. The van der Waals surface area contributed by atoms with Crippen LogP contribution in [0.15, 0.2) is 146 Å². The number of methoxy groups -OCH3 is 2. The van der Waals surface area contributed by atoms with Gasteiger partial charge >= 0.3 is 12.2 Å². The fourth-order valence-corrected chi connectivity index (χ4v) is 6.91. The Balaban J connectivity index is 1.14. The third-order valence-electron chi connectivity index (χ3n) is 9.59. The maximum absolute atomic E-state index is 13.9. The van der Waals surface area contributed by atoms with E-state index in [2.05, 4.69) is 47.0 Å². The lowest BCUT2D eigenvalue weighted by Crippen LogP contribution is -2.50. The molecule has 1 aromatic heterocycles. The monoisotopic (exact) mass is 822 g/mol. The number of nitrogens with zero attached hydrogens (tertiary/aromatic N) is 2. The second-order valence-electron chi connectivity index (χ2n) is 15.0. The maximum atomic E-state index is 13.9. The van der Waals surface area contributed by atoms with Gasteiger partial charge in [-0.15, -0.1) is 0 Å². The van der Waals surface area contributed by atoms with Gasteiger partial charge in [-0.3, -0.25) is 4.79 Å². The largest absolute Gasteiger partial charge is 0.513 e. The quantitative estimate of drug-likeness (QED) is 0.0323. The Morgan fingerprint density at radius 1 is 0.705 bits per heavy atom. The molecule has 2 N–H and O–H groups in total. The summed E-state index contributed by atoms with van der Waals surface area (Å²) >= 11 is 0. The first-order valence-corrected chi connectivity index (χ1v) is 19.8. The number of imidazole rings is 1. The lowest BCUT2D eigenvalue weighted by atomic mass is 9.76. The van der Waals surface area contributed by atoms with Crippen molar-refractivity contribution in [3.05, 3.63) is 179 Å². The van der Waals surface area contributed by atoms with Crippen LogP contribution in [0.3, 0.4) is 0 Å². The van der Waals surface area contributed by atoms with Gasteiger partial charge in [-0.1, -0.05) is 115 Å².